The van der Waals surface area contributed by atoms with Gasteiger partial charge in [-0.3, -0.25) is 4.79 Å². The number of halogens is 1. The van der Waals surface area contributed by atoms with Gasteiger partial charge >= 0.3 is 0 Å². The van der Waals surface area contributed by atoms with Crippen LogP contribution in [0.3, 0.4) is 0 Å². The number of benzene rings is 1. The van der Waals surface area contributed by atoms with Crippen LogP contribution >= 0.6 is 11.6 Å². The molecule has 0 saturated heterocycles. The number of carbonyl (C=O) groups excluding carboxylic acids is 1. The molecule has 1 heterocycles. The Morgan fingerprint density at radius 1 is 1.50 bits per heavy atom. The topological polar surface area (TPSA) is 32.3 Å². The van der Waals surface area contributed by atoms with E-state index in [-0.39, 0.29) is 11.9 Å². The van der Waals surface area contributed by atoms with Gasteiger partial charge < -0.3 is 10.2 Å². The minimum absolute atomic E-state index is 0.0204. The quantitative estimate of drug-likeness (QED) is 0.830. The number of fused-ring (bicyclic) bond motifs is 1. The molecule has 0 unspecified atom stereocenters. The van der Waals surface area contributed by atoms with Gasteiger partial charge in [-0.15, -0.1) is 0 Å². The van der Waals surface area contributed by atoms with Crippen LogP contribution in [0.5, 0.6) is 0 Å². The van der Waals surface area contributed by atoms with E-state index in [9.17, 15) is 4.79 Å². The molecular formula is C14H17ClN2O. The summed E-state index contributed by atoms with van der Waals surface area (Å²) in [7, 11) is 0. The standard InChI is InChI=1S/C14H17ClN2O/c1-9(2)6-7-17-10(3)14(18)16-12-5-4-11(15)8-13(12)17/h4-6,8,10H,7H2,1-3H3,(H,16,18)/t10-/m1/s1. The predicted octanol–water partition coefficient (Wildman–Crippen LogP) is 3.45. The van der Waals surface area contributed by atoms with E-state index in [1.54, 1.807) is 6.07 Å². The zero-order valence-electron chi connectivity index (χ0n) is 10.8. The van der Waals surface area contributed by atoms with Gasteiger partial charge in [-0.25, -0.2) is 0 Å². The Labute approximate surface area is 112 Å². The molecule has 2 rings (SSSR count). The highest BCUT2D eigenvalue weighted by Gasteiger charge is 2.28. The number of nitrogens with one attached hydrogen (secondary N) is 1. The number of nitrogens with zero attached hydrogens (tertiary/aromatic N) is 1. The van der Waals surface area contributed by atoms with Gasteiger partial charge in [0.25, 0.3) is 0 Å². The SMILES string of the molecule is CC(C)=CCN1c2cc(Cl)ccc2NC(=O)[C@H]1C. The van der Waals surface area contributed by atoms with Gasteiger partial charge in [0, 0.05) is 11.6 Å². The van der Waals surface area contributed by atoms with E-state index in [2.05, 4.69) is 16.3 Å². The van der Waals surface area contributed by atoms with Gasteiger partial charge in [0.1, 0.15) is 6.04 Å². The number of carbonyl (C=O) groups is 1. The first kappa shape index (κ1) is 13.0. The molecule has 0 fully saturated rings. The van der Waals surface area contributed by atoms with Crippen molar-refractivity contribution in [1.29, 1.82) is 0 Å². The monoisotopic (exact) mass is 264 g/mol. The van der Waals surface area contributed by atoms with Crippen LogP contribution in [0.2, 0.25) is 5.02 Å². The summed E-state index contributed by atoms with van der Waals surface area (Å²) < 4.78 is 0. The van der Waals surface area contributed by atoms with Gasteiger partial charge in [0.2, 0.25) is 5.91 Å². The van der Waals surface area contributed by atoms with Gasteiger partial charge in [-0.05, 0) is 39.0 Å². The number of hydrogen-bond donors (Lipinski definition) is 1. The molecule has 1 aromatic carbocycles. The molecule has 0 spiro atoms. The lowest BCUT2D eigenvalue weighted by Gasteiger charge is -2.35. The molecule has 1 aromatic rings. The minimum Gasteiger partial charge on any atom is -0.354 e. The molecule has 1 atom stereocenters. The van der Waals surface area contributed by atoms with Crippen molar-refractivity contribution in [1.82, 2.24) is 0 Å². The van der Waals surface area contributed by atoms with Crippen molar-refractivity contribution in [2.75, 3.05) is 16.8 Å². The summed E-state index contributed by atoms with van der Waals surface area (Å²) in [5.74, 6) is 0.0204. The lowest BCUT2D eigenvalue weighted by Crippen LogP contribution is -2.46. The highest BCUT2D eigenvalue weighted by molar-refractivity contribution is 6.31. The molecule has 3 nitrogen and oxygen atoms in total. The average Bonchev–Trinajstić information content (AvgIpc) is 2.30. The summed E-state index contributed by atoms with van der Waals surface area (Å²) in [6.45, 7) is 6.71. The lowest BCUT2D eigenvalue weighted by molar-refractivity contribution is -0.117. The number of allylic oxidation sites excluding steroid dienone is 1. The molecule has 0 aromatic heterocycles. The van der Waals surface area contributed by atoms with Crippen molar-refractivity contribution >= 4 is 28.9 Å². The first-order chi connectivity index (χ1) is 8.49. The molecule has 0 saturated carbocycles. The van der Waals surface area contributed by atoms with Crippen LogP contribution in [0.1, 0.15) is 20.8 Å². The molecule has 96 valence electrons. The Balaban J connectivity index is 2.40. The first-order valence-corrected chi connectivity index (χ1v) is 6.37. The third kappa shape index (κ3) is 2.51. The average molecular weight is 265 g/mol. The Bertz CT molecular complexity index is 507. The number of amides is 1. The normalized spacial score (nSPS) is 18.1. The van der Waals surface area contributed by atoms with E-state index in [0.717, 1.165) is 11.4 Å². The molecule has 4 heteroatoms. The Morgan fingerprint density at radius 2 is 2.22 bits per heavy atom. The maximum Gasteiger partial charge on any atom is 0.246 e. The Hall–Kier alpha value is -1.48. The zero-order valence-corrected chi connectivity index (χ0v) is 11.6. The van der Waals surface area contributed by atoms with Crippen molar-refractivity contribution < 1.29 is 4.79 Å². The molecule has 1 amide bonds. The van der Waals surface area contributed by atoms with Crippen LogP contribution in [0.25, 0.3) is 0 Å². The van der Waals surface area contributed by atoms with E-state index < -0.39 is 0 Å². The lowest BCUT2D eigenvalue weighted by atomic mass is 10.1. The fourth-order valence-corrected chi connectivity index (χ4v) is 2.14. The van der Waals surface area contributed by atoms with E-state index in [1.807, 2.05) is 32.9 Å². The number of rotatable bonds is 2. The molecule has 0 bridgehead atoms. The van der Waals surface area contributed by atoms with Crippen molar-refractivity contribution in [3.63, 3.8) is 0 Å². The van der Waals surface area contributed by atoms with Gasteiger partial charge in [0.15, 0.2) is 0 Å². The molecule has 1 N–H and O–H groups in total. The maximum absolute atomic E-state index is 11.9. The molecule has 1 aliphatic heterocycles. The van der Waals surface area contributed by atoms with Crippen LogP contribution < -0.4 is 10.2 Å². The smallest absolute Gasteiger partial charge is 0.246 e. The molecule has 0 radical (unpaired) electrons. The van der Waals surface area contributed by atoms with E-state index in [1.165, 1.54) is 5.57 Å². The second kappa shape index (κ2) is 5.02. The van der Waals surface area contributed by atoms with Crippen LogP contribution in [0.15, 0.2) is 29.8 Å². The van der Waals surface area contributed by atoms with E-state index in [4.69, 9.17) is 11.6 Å². The van der Waals surface area contributed by atoms with Crippen LogP contribution in [-0.4, -0.2) is 18.5 Å². The van der Waals surface area contributed by atoms with Crippen molar-refractivity contribution in [2.45, 2.75) is 26.8 Å². The molecule has 18 heavy (non-hydrogen) atoms. The third-order valence-corrected chi connectivity index (χ3v) is 3.31. The zero-order chi connectivity index (χ0) is 13.3. The predicted molar refractivity (Wildman–Crippen MR) is 76.3 cm³/mol. The van der Waals surface area contributed by atoms with Crippen LogP contribution in [-0.2, 0) is 4.79 Å². The summed E-state index contributed by atoms with van der Waals surface area (Å²) >= 11 is 6.03. The van der Waals surface area contributed by atoms with Crippen molar-refractivity contribution in [3.8, 4) is 0 Å². The van der Waals surface area contributed by atoms with E-state index in [0.29, 0.717) is 11.6 Å². The van der Waals surface area contributed by atoms with Crippen molar-refractivity contribution in [3.05, 3.63) is 34.9 Å². The van der Waals surface area contributed by atoms with E-state index >= 15 is 0 Å². The Morgan fingerprint density at radius 3 is 2.89 bits per heavy atom. The largest absolute Gasteiger partial charge is 0.354 e. The van der Waals surface area contributed by atoms with Crippen LogP contribution in [0.4, 0.5) is 11.4 Å². The second-order valence-electron chi connectivity index (χ2n) is 4.76. The van der Waals surface area contributed by atoms with Crippen LogP contribution in [0, 0.1) is 0 Å². The van der Waals surface area contributed by atoms with Gasteiger partial charge in [0.05, 0.1) is 11.4 Å². The molecule has 0 aliphatic carbocycles. The first-order valence-electron chi connectivity index (χ1n) is 5.99. The summed E-state index contributed by atoms with van der Waals surface area (Å²) in [6, 6.07) is 5.34. The maximum atomic E-state index is 11.9. The summed E-state index contributed by atoms with van der Waals surface area (Å²) in [4.78, 5) is 14.0. The molecule has 1 aliphatic rings. The summed E-state index contributed by atoms with van der Waals surface area (Å²) in [6.07, 6.45) is 2.11. The Kier molecular flexibility index (Phi) is 3.62. The number of anilines is 2. The minimum atomic E-state index is -0.188. The molecular weight excluding hydrogens is 248 g/mol. The fourth-order valence-electron chi connectivity index (χ4n) is 1.97. The fraction of sp³-hybridized carbons (Fsp3) is 0.357. The number of hydrogen-bond acceptors (Lipinski definition) is 2. The highest BCUT2D eigenvalue weighted by atomic mass is 35.5. The third-order valence-electron chi connectivity index (χ3n) is 3.07. The van der Waals surface area contributed by atoms with Gasteiger partial charge in [-0.1, -0.05) is 23.3 Å². The summed E-state index contributed by atoms with van der Waals surface area (Å²) in [5.41, 5.74) is 3.04. The van der Waals surface area contributed by atoms with Gasteiger partial charge in [-0.2, -0.15) is 0 Å². The second-order valence-corrected chi connectivity index (χ2v) is 5.20. The summed E-state index contributed by atoms with van der Waals surface area (Å²) in [5, 5.41) is 3.57. The highest BCUT2D eigenvalue weighted by Crippen LogP contribution is 2.34. The van der Waals surface area contributed by atoms with Crippen molar-refractivity contribution in [2.24, 2.45) is 0 Å².